The molecule has 0 spiro atoms. The number of fused-ring (bicyclic) bond motifs is 12. The molecule has 0 amide bonds. The van der Waals surface area contributed by atoms with Crippen molar-refractivity contribution in [2.24, 2.45) is 0 Å². The molecule has 49 heavy (non-hydrogen) atoms. The molecule has 4 nitrogen and oxygen atoms in total. The standard InChI is InChI=1S/C44H25N3OS/c1-3-13-26(14-4-1)33-25-37-39(30-19-8-7-17-28(30)33)40-42(49-37)44(46-43(45-40)27-15-5-2-6-16-27)47-34-21-11-9-18-29(34)31-23-24-36-38(41(31)47)32-20-10-12-22-35(32)48-36/h1-25H. The number of hydrogen-bond donors (Lipinski definition) is 0. The summed E-state index contributed by atoms with van der Waals surface area (Å²) in [6.07, 6.45) is 0. The van der Waals surface area contributed by atoms with Gasteiger partial charge < -0.3 is 4.42 Å². The van der Waals surface area contributed by atoms with E-state index in [9.17, 15) is 0 Å². The summed E-state index contributed by atoms with van der Waals surface area (Å²) in [4.78, 5) is 10.9. The number of thiophene rings is 1. The molecule has 5 heteroatoms. The van der Waals surface area contributed by atoms with E-state index in [2.05, 4.69) is 138 Å². The van der Waals surface area contributed by atoms with E-state index in [1.165, 1.54) is 37.4 Å². The molecule has 0 saturated heterocycles. The number of aromatic nitrogens is 3. The predicted octanol–water partition coefficient (Wildman–Crippen LogP) is 12.3. The van der Waals surface area contributed by atoms with Gasteiger partial charge in [0.1, 0.15) is 11.2 Å². The van der Waals surface area contributed by atoms with Gasteiger partial charge in [0.2, 0.25) is 0 Å². The zero-order chi connectivity index (χ0) is 32.1. The van der Waals surface area contributed by atoms with Gasteiger partial charge in [0.25, 0.3) is 0 Å². The van der Waals surface area contributed by atoms with Gasteiger partial charge in [0.15, 0.2) is 11.6 Å². The largest absolute Gasteiger partial charge is 0.456 e. The van der Waals surface area contributed by atoms with Crippen molar-refractivity contribution in [1.82, 2.24) is 14.5 Å². The highest BCUT2D eigenvalue weighted by molar-refractivity contribution is 7.26. The van der Waals surface area contributed by atoms with E-state index in [4.69, 9.17) is 14.4 Å². The van der Waals surface area contributed by atoms with Gasteiger partial charge in [-0.1, -0.05) is 121 Å². The molecule has 0 N–H and O–H groups in total. The molecule has 11 aromatic rings. The Labute approximate surface area is 284 Å². The fourth-order valence-corrected chi connectivity index (χ4v) is 8.87. The van der Waals surface area contributed by atoms with Crippen LogP contribution in [0, 0.1) is 0 Å². The third-order valence-electron chi connectivity index (χ3n) is 9.81. The van der Waals surface area contributed by atoms with E-state index in [1.54, 1.807) is 11.3 Å². The van der Waals surface area contributed by atoms with Gasteiger partial charge in [-0.05, 0) is 52.2 Å². The minimum Gasteiger partial charge on any atom is -0.456 e. The van der Waals surface area contributed by atoms with E-state index >= 15 is 0 Å². The molecule has 228 valence electrons. The second-order valence-electron chi connectivity index (χ2n) is 12.5. The third kappa shape index (κ3) is 3.79. The van der Waals surface area contributed by atoms with Crippen LogP contribution in [-0.4, -0.2) is 14.5 Å². The summed E-state index contributed by atoms with van der Waals surface area (Å²) >= 11 is 1.77. The first kappa shape index (κ1) is 26.7. The summed E-state index contributed by atoms with van der Waals surface area (Å²) in [5.74, 6) is 1.58. The average molecular weight is 644 g/mol. The van der Waals surface area contributed by atoms with Gasteiger partial charge in [-0.15, -0.1) is 11.3 Å². The van der Waals surface area contributed by atoms with Crippen LogP contribution in [0.3, 0.4) is 0 Å². The van der Waals surface area contributed by atoms with E-state index in [0.29, 0.717) is 5.82 Å². The monoisotopic (exact) mass is 643 g/mol. The minimum absolute atomic E-state index is 0.703. The lowest BCUT2D eigenvalue weighted by atomic mass is 9.96. The van der Waals surface area contributed by atoms with E-state index < -0.39 is 0 Å². The molecule has 4 aromatic heterocycles. The molecule has 0 fully saturated rings. The molecular formula is C44H25N3OS. The molecular weight excluding hydrogens is 619 g/mol. The Kier molecular flexibility index (Phi) is 5.51. The number of rotatable bonds is 3. The molecule has 0 bridgehead atoms. The maximum Gasteiger partial charge on any atom is 0.162 e. The van der Waals surface area contributed by atoms with Crippen LogP contribution in [0.4, 0.5) is 0 Å². The van der Waals surface area contributed by atoms with Gasteiger partial charge in [-0.2, -0.15) is 0 Å². The third-order valence-corrected chi connectivity index (χ3v) is 10.9. The normalized spacial score (nSPS) is 12.1. The quantitative estimate of drug-likeness (QED) is 0.192. The Balaban J connectivity index is 1.36. The Morgan fingerprint density at radius 1 is 0.510 bits per heavy atom. The SMILES string of the molecule is c1ccc(-c2nc(-n3c4ccccc4c4ccc5oc6ccccc6c5c43)c3sc4cc(-c5ccccc5)c5ccccc5c4c3n2)cc1. The Hall–Kier alpha value is -6.30. The van der Waals surface area contributed by atoms with E-state index in [-0.39, 0.29) is 0 Å². The summed E-state index contributed by atoms with van der Waals surface area (Å²) in [5, 5.41) is 8.10. The fraction of sp³-hybridized carbons (Fsp3) is 0. The maximum atomic E-state index is 6.44. The first-order chi connectivity index (χ1) is 24.3. The van der Waals surface area contributed by atoms with Crippen LogP contribution in [-0.2, 0) is 0 Å². The molecule has 0 atom stereocenters. The van der Waals surface area contributed by atoms with Crippen LogP contribution < -0.4 is 0 Å². The summed E-state index contributed by atoms with van der Waals surface area (Å²) in [6, 6.07) is 53.4. The fourth-order valence-electron chi connectivity index (χ4n) is 7.70. The average Bonchev–Trinajstić information content (AvgIpc) is 3.84. The second-order valence-corrected chi connectivity index (χ2v) is 13.6. The van der Waals surface area contributed by atoms with Crippen molar-refractivity contribution in [3.8, 4) is 28.3 Å². The van der Waals surface area contributed by atoms with Crippen molar-refractivity contribution in [1.29, 1.82) is 0 Å². The molecule has 7 aromatic carbocycles. The zero-order valence-corrected chi connectivity index (χ0v) is 26.9. The van der Waals surface area contributed by atoms with Crippen LogP contribution in [0.15, 0.2) is 156 Å². The maximum absolute atomic E-state index is 6.44. The number of nitrogens with zero attached hydrogens (tertiary/aromatic N) is 3. The molecule has 0 aliphatic heterocycles. The van der Waals surface area contributed by atoms with Gasteiger partial charge in [-0.25, -0.2) is 9.97 Å². The molecule has 4 heterocycles. The lowest BCUT2D eigenvalue weighted by Crippen LogP contribution is -2.01. The highest BCUT2D eigenvalue weighted by Gasteiger charge is 2.24. The van der Waals surface area contributed by atoms with E-state index in [0.717, 1.165) is 60.0 Å². The Morgan fingerprint density at radius 3 is 2.00 bits per heavy atom. The number of furan rings is 1. The van der Waals surface area contributed by atoms with Crippen molar-refractivity contribution < 1.29 is 4.42 Å². The predicted molar refractivity (Wildman–Crippen MR) is 205 cm³/mol. The molecule has 11 rings (SSSR count). The van der Waals surface area contributed by atoms with Gasteiger partial charge in [-0.3, -0.25) is 4.57 Å². The van der Waals surface area contributed by atoms with Gasteiger partial charge >= 0.3 is 0 Å². The van der Waals surface area contributed by atoms with Crippen molar-refractivity contribution in [3.05, 3.63) is 152 Å². The first-order valence-corrected chi connectivity index (χ1v) is 17.2. The molecule has 0 aliphatic rings. The second kappa shape index (κ2) is 10.1. The van der Waals surface area contributed by atoms with Crippen LogP contribution in [0.5, 0.6) is 0 Å². The Bertz CT molecular complexity index is 3100. The summed E-state index contributed by atoms with van der Waals surface area (Å²) in [6.45, 7) is 0. The molecule has 0 unspecified atom stereocenters. The lowest BCUT2D eigenvalue weighted by molar-refractivity contribution is 0.669. The molecule has 0 aliphatic carbocycles. The Morgan fingerprint density at radius 2 is 1.18 bits per heavy atom. The first-order valence-electron chi connectivity index (χ1n) is 16.4. The van der Waals surface area contributed by atoms with E-state index in [1.807, 2.05) is 18.2 Å². The smallest absolute Gasteiger partial charge is 0.162 e. The van der Waals surface area contributed by atoms with Crippen LogP contribution in [0.25, 0.3) is 103 Å². The topological polar surface area (TPSA) is 43.9 Å². The van der Waals surface area contributed by atoms with Crippen molar-refractivity contribution >= 4 is 86.2 Å². The van der Waals surface area contributed by atoms with Crippen molar-refractivity contribution in [2.45, 2.75) is 0 Å². The highest BCUT2D eigenvalue weighted by atomic mass is 32.1. The van der Waals surface area contributed by atoms with Crippen LogP contribution in [0.1, 0.15) is 0 Å². The minimum atomic E-state index is 0.703. The summed E-state index contributed by atoms with van der Waals surface area (Å²) in [5.41, 5.74) is 8.30. The number of para-hydroxylation sites is 2. The molecule has 0 saturated carbocycles. The lowest BCUT2D eigenvalue weighted by Gasteiger charge is -2.12. The van der Waals surface area contributed by atoms with Gasteiger partial charge in [0, 0.05) is 31.8 Å². The number of hydrogen-bond acceptors (Lipinski definition) is 4. The zero-order valence-electron chi connectivity index (χ0n) is 26.1. The van der Waals surface area contributed by atoms with Crippen LogP contribution >= 0.6 is 11.3 Å². The highest BCUT2D eigenvalue weighted by Crippen LogP contribution is 2.47. The summed E-state index contributed by atoms with van der Waals surface area (Å²) in [7, 11) is 0. The van der Waals surface area contributed by atoms with Crippen LogP contribution in [0.2, 0.25) is 0 Å². The molecule has 0 radical (unpaired) electrons. The van der Waals surface area contributed by atoms with Crippen molar-refractivity contribution in [3.63, 3.8) is 0 Å². The van der Waals surface area contributed by atoms with Gasteiger partial charge in [0.05, 0.1) is 26.6 Å². The summed E-state index contributed by atoms with van der Waals surface area (Å²) < 4.78 is 11.0. The number of benzene rings is 7. The van der Waals surface area contributed by atoms with Crippen molar-refractivity contribution in [2.75, 3.05) is 0 Å².